The summed E-state index contributed by atoms with van der Waals surface area (Å²) in [5, 5.41) is 0. The fourth-order valence-corrected chi connectivity index (χ4v) is 2.94. The van der Waals surface area contributed by atoms with Crippen molar-refractivity contribution in [1.29, 1.82) is 0 Å². The van der Waals surface area contributed by atoms with Crippen LogP contribution in [0.4, 0.5) is 0 Å². The predicted octanol–water partition coefficient (Wildman–Crippen LogP) is 1.89. The Kier molecular flexibility index (Phi) is 5.53. The molecule has 1 aromatic heterocycles. The van der Waals surface area contributed by atoms with Gasteiger partial charge in [-0.2, -0.15) is 0 Å². The summed E-state index contributed by atoms with van der Waals surface area (Å²) in [6.45, 7) is 4.05. The van der Waals surface area contributed by atoms with Crippen LogP contribution in [0.15, 0.2) is 12.5 Å². The van der Waals surface area contributed by atoms with Crippen LogP contribution in [0.25, 0.3) is 0 Å². The summed E-state index contributed by atoms with van der Waals surface area (Å²) >= 11 is 0. The van der Waals surface area contributed by atoms with Crippen LogP contribution < -0.4 is 0 Å². The fraction of sp³-hybridized carbons (Fsp3) is 0.600. The van der Waals surface area contributed by atoms with Gasteiger partial charge in [0.1, 0.15) is 6.29 Å². The maximum Gasteiger partial charge on any atom is 0.358 e. The first-order valence-electron chi connectivity index (χ1n) is 5.53. The minimum Gasteiger partial charge on any atom is -0.464 e. The number of ether oxygens (including phenoxy) is 1. The molecular formula is C10H17N2O5P. The number of rotatable bonds is 7. The van der Waals surface area contributed by atoms with Crippen LogP contribution in [0.5, 0.6) is 0 Å². The van der Waals surface area contributed by atoms with Gasteiger partial charge in [-0.05, 0) is 13.8 Å². The van der Waals surface area contributed by atoms with E-state index in [1.54, 1.807) is 13.8 Å². The number of esters is 1. The zero-order valence-electron chi connectivity index (χ0n) is 10.7. The molecule has 8 heteroatoms. The van der Waals surface area contributed by atoms with Crippen LogP contribution in [-0.4, -0.2) is 35.8 Å². The van der Waals surface area contributed by atoms with Gasteiger partial charge in [0.15, 0.2) is 5.69 Å². The number of hydrogen-bond acceptors (Lipinski definition) is 6. The summed E-state index contributed by atoms with van der Waals surface area (Å²) in [6.07, 6.45) is 2.84. The highest BCUT2D eigenvalue weighted by atomic mass is 31.2. The van der Waals surface area contributed by atoms with Crippen molar-refractivity contribution in [3.8, 4) is 0 Å². The number of carbonyl (C=O) groups excluding carboxylic acids is 1. The zero-order chi connectivity index (χ0) is 13.6. The van der Waals surface area contributed by atoms with Crippen molar-refractivity contribution in [3.63, 3.8) is 0 Å². The summed E-state index contributed by atoms with van der Waals surface area (Å²) in [7, 11) is -1.93. The summed E-state index contributed by atoms with van der Waals surface area (Å²) in [4.78, 5) is 15.1. The number of aromatic nitrogens is 2. The van der Waals surface area contributed by atoms with Gasteiger partial charge in [0.05, 0.1) is 26.7 Å². The molecule has 0 amide bonds. The Bertz CT molecular complexity index is 435. The second-order valence-corrected chi connectivity index (χ2v) is 5.37. The van der Waals surface area contributed by atoms with Crippen molar-refractivity contribution in [2.24, 2.45) is 0 Å². The molecule has 0 aliphatic carbocycles. The first-order chi connectivity index (χ1) is 8.54. The molecule has 0 radical (unpaired) electrons. The fourth-order valence-electron chi connectivity index (χ4n) is 1.36. The second-order valence-electron chi connectivity index (χ2n) is 3.35. The summed E-state index contributed by atoms with van der Waals surface area (Å²) < 4.78 is 28.5. The molecule has 0 aromatic carbocycles. The van der Waals surface area contributed by atoms with E-state index in [2.05, 4.69) is 9.72 Å². The lowest BCUT2D eigenvalue weighted by Gasteiger charge is -2.16. The quantitative estimate of drug-likeness (QED) is 0.559. The summed E-state index contributed by atoms with van der Waals surface area (Å²) in [5.74, 6) is -0.545. The molecule has 0 saturated heterocycles. The summed E-state index contributed by atoms with van der Waals surface area (Å²) in [6, 6.07) is 0. The molecule has 0 saturated carbocycles. The molecular weight excluding hydrogens is 259 g/mol. The summed E-state index contributed by atoms with van der Waals surface area (Å²) in [5.41, 5.74) is 0.150. The molecule has 0 aliphatic rings. The molecule has 7 nitrogen and oxygen atoms in total. The van der Waals surface area contributed by atoms with Gasteiger partial charge in [-0.25, -0.2) is 9.78 Å². The van der Waals surface area contributed by atoms with Gasteiger partial charge in [-0.1, -0.05) is 0 Å². The molecule has 0 atom stereocenters. The third-order valence-corrected chi connectivity index (χ3v) is 3.99. The molecule has 0 spiro atoms. The van der Waals surface area contributed by atoms with E-state index in [0.717, 1.165) is 0 Å². The topological polar surface area (TPSA) is 79.7 Å². The average Bonchev–Trinajstić information content (AvgIpc) is 2.76. The average molecular weight is 276 g/mol. The van der Waals surface area contributed by atoms with Crippen molar-refractivity contribution in [2.45, 2.75) is 20.1 Å². The minimum atomic E-state index is -3.20. The number of carbonyl (C=O) groups is 1. The highest BCUT2D eigenvalue weighted by Crippen LogP contribution is 2.49. The smallest absolute Gasteiger partial charge is 0.358 e. The van der Waals surface area contributed by atoms with Gasteiger partial charge >= 0.3 is 13.6 Å². The molecule has 1 heterocycles. The number of imidazole rings is 1. The highest BCUT2D eigenvalue weighted by Gasteiger charge is 2.24. The van der Waals surface area contributed by atoms with Crippen LogP contribution in [0.2, 0.25) is 0 Å². The van der Waals surface area contributed by atoms with Crippen LogP contribution in [-0.2, 0) is 24.6 Å². The van der Waals surface area contributed by atoms with E-state index >= 15 is 0 Å². The van der Waals surface area contributed by atoms with Gasteiger partial charge in [-0.15, -0.1) is 0 Å². The van der Waals surface area contributed by atoms with Crippen LogP contribution in [0.1, 0.15) is 24.3 Å². The predicted molar refractivity (Wildman–Crippen MR) is 64.4 cm³/mol. The largest absolute Gasteiger partial charge is 0.464 e. The lowest BCUT2D eigenvalue weighted by molar-refractivity contribution is 0.0594. The van der Waals surface area contributed by atoms with Crippen molar-refractivity contribution in [2.75, 3.05) is 20.3 Å². The third kappa shape index (κ3) is 3.94. The zero-order valence-corrected chi connectivity index (χ0v) is 11.6. The van der Waals surface area contributed by atoms with E-state index in [9.17, 15) is 9.36 Å². The Balaban J connectivity index is 2.78. The van der Waals surface area contributed by atoms with Crippen molar-refractivity contribution < 1.29 is 23.1 Å². The van der Waals surface area contributed by atoms with Crippen molar-refractivity contribution in [1.82, 2.24) is 9.55 Å². The molecule has 0 bridgehead atoms. The normalized spacial score (nSPS) is 11.5. The van der Waals surface area contributed by atoms with Gasteiger partial charge < -0.3 is 18.4 Å². The Hall–Kier alpha value is -1.17. The van der Waals surface area contributed by atoms with Crippen LogP contribution >= 0.6 is 7.60 Å². The Morgan fingerprint density at radius 3 is 2.50 bits per heavy atom. The Labute approximate surface area is 106 Å². The molecule has 1 aromatic rings. The number of hydrogen-bond donors (Lipinski definition) is 0. The lowest BCUT2D eigenvalue weighted by Crippen LogP contribution is -2.04. The molecule has 0 N–H and O–H groups in total. The monoisotopic (exact) mass is 276 g/mol. The Morgan fingerprint density at radius 2 is 2.00 bits per heavy atom. The minimum absolute atomic E-state index is 0.0126. The SMILES string of the molecule is CCOP(=O)(Cn1cnc(C(=O)OC)c1)OCC. The maximum absolute atomic E-state index is 12.2. The van der Waals surface area contributed by atoms with Gasteiger partial charge in [0.2, 0.25) is 0 Å². The van der Waals surface area contributed by atoms with E-state index in [4.69, 9.17) is 9.05 Å². The van der Waals surface area contributed by atoms with Gasteiger partial charge in [0.25, 0.3) is 0 Å². The van der Waals surface area contributed by atoms with E-state index in [-0.39, 0.29) is 25.2 Å². The van der Waals surface area contributed by atoms with Crippen LogP contribution in [0, 0.1) is 0 Å². The van der Waals surface area contributed by atoms with Crippen molar-refractivity contribution >= 4 is 13.6 Å². The molecule has 0 unspecified atom stereocenters. The van der Waals surface area contributed by atoms with Crippen LogP contribution in [0.3, 0.4) is 0 Å². The first kappa shape index (κ1) is 14.9. The van der Waals surface area contributed by atoms with E-state index in [0.29, 0.717) is 0 Å². The molecule has 0 fully saturated rings. The van der Waals surface area contributed by atoms with E-state index in [1.165, 1.54) is 24.2 Å². The number of nitrogens with zero attached hydrogens (tertiary/aromatic N) is 2. The molecule has 1 rings (SSSR count). The molecule has 102 valence electrons. The second kappa shape index (κ2) is 6.68. The van der Waals surface area contributed by atoms with Crippen molar-refractivity contribution in [3.05, 3.63) is 18.2 Å². The standard InChI is InChI=1S/C10H17N2O5P/c1-4-16-18(14,17-5-2)8-12-6-9(11-7-12)10(13)15-3/h6-7H,4-5,8H2,1-3H3. The lowest BCUT2D eigenvalue weighted by atomic mass is 10.5. The Morgan fingerprint density at radius 1 is 1.39 bits per heavy atom. The number of methoxy groups -OCH3 is 1. The third-order valence-electron chi connectivity index (χ3n) is 2.02. The molecule has 0 aliphatic heterocycles. The van der Waals surface area contributed by atoms with E-state index < -0.39 is 13.6 Å². The highest BCUT2D eigenvalue weighted by molar-refractivity contribution is 7.52. The molecule has 18 heavy (non-hydrogen) atoms. The van der Waals surface area contributed by atoms with Gasteiger partial charge in [0, 0.05) is 6.20 Å². The maximum atomic E-state index is 12.2. The van der Waals surface area contributed by atoms with Gasteiger partial charge in [-0.3, -0.25) is 4.57 Å². The first-order valence-corrected chi connectivity index (χ1v) is 7.25. The van der Waals surface area contributed by atoms with E-state index in [1.807, 2.05) is 0 Å².